The molecule has 0 saturated carbocycles. The molecule has 5 heteroatoms. The van der Waals surface area contributed by atoms with E-state index in [9.17, 15) is 0 Å². The van der Waals surface area contributed by atoms with Crippen LogP contribution in [-0.4, -0.2) is 4.98 Å². The summed E-state index contributed by atoms with van der Waals surface area (Å²) in [5.74, 6) is 0. The van der Waals surface area contributed by atoms with Gasteiger partial charge in [0.15, 0.2) is 0 Å². The summed E-state index contributed by atoms with van der Waals surface area (Å²) in [6.45, 7) is 1.69. The van der Waals surface area contributed by atoms with Crippen LogP contribution in [0.15, 0.2) is 17.4 Å². The molecule has 0 aliphatic carbocycles. The van der Waals surface area contributed by atoms with Crippen LogP contribution in [0.1, 0.15) is 11.3 Å². The number of pyridine rings is 1. The molecule has 0 radical (unpaired) electrons. The van der Waals surface area contributed by atoms with Crippen molar-refractivity contribution in [2.45, 2.75) is 6.92 Å². The van der Waals surface area contributed by atoms with Crippen LogP contribution in [0.2, 0.25) is 0 Å². The minimum absolute atomic E-state index is 0.308. The van der Waals surface area contributed by atoms with Crippen LogP contribution in [0.3, 0.4) is 0 Å². The molecule has 0 atom stereocenters. The first-order valence-corrected chi connectivity index (χ1v) is 3.20. The second-order valence-corrected chi connectivity index (χ2v) is 2.09. The van der Waals surface area contributed by atoms with Gasteiger partial charge >= 0.3 is 0 Å². The average Bonchev–Trinajstić information content (AvgIpc) is 2.09. The first-order valence-electron chi connectivity index (χ1n) is 3.20. The molecule has 1 heterocycles. The van der Waals surface area contributed by atoms with E-state index in [1.807, 2.05) is 6.07 Å². The first-order chi connectivity index (χ1) is 5.79. The summed E-state index contributed by atoms with van der Waals surface area (Å²) in [5.41, 5.74) is 9.40. The fourth-order valence-electron chi connectivity index (χ4n) is 0.820. The minimum atomic E-state index is 0.308. The Morgan fingerprint density at radius 3 is 3.08 bits per heavy atom. The van der Waals surface area contributed by atoms with Gasteiger partial charge in [0.2, 0.25) is 0 Å². The van der Waals surface area contributed by atoms with Gasteiger partial charge in [-0.15, -0.1) is 0 Å². The van der Waals surface area contributed by atoms with Gasteiger partial charge in [0.25, 0.3) is 0 Å². The maximum absolute atomic E-state index is 8.61. The molecule has 0 bridgehead atoms. The number of aryl methyl sites for hydroxylation is 1. The van der Waals surface area contributed by atoms with Crippen molar-refractivity contribution in [1.29, 1.82) is 5.26 Å². The largest absolute Gasteiger partial charge is 0.261 e. The highest BCUT2D eigenvalue weighted by atomic mass is 15.1. The third-order valence-electron chi connectivity index (χ3n) is 1.37. The molecule has 0 aliphatic rings. The number of hydrogen-bond acceptors (Lipinski definition) is 3. The molecular formula is C7H5N5. The average molecular weight is 159 g/mol. The summed E-state index contributed by atoms with van der Waals surface area (Å²) < 4.78 is 0. The Labute approximate surface area is 68.9 Å². The lowest BCUT2D eigenvalue weighted by molar-refractivity contribution is 1.17. The smallest absolute Gasteiger partial charge is 0.0997 e. The molecule has 0 fully saturated rings. The number of nitrogens with zero attached hydrogens (tertiary/aromatic N) is 5. The zero-order valence-corrected chi connectivity index (χ0v) is 6.39. The lowest BCUT2D eigenvalue weighted by Crippen LogP contribution is -1.83. The van der Waals surface area contributed by atoms with E-state index in [1.165, 1.54) is 12.3 Å². The maximum Gasteiger partial charge on any atom is 0.0997 e. The van der Waals surface area contributed by atoms with Crippen molar-refractivity contribution in [1.82, 2.24) is 4.98 Å². The zero-order valence-electron chi connectivity index (χ0n) is 6.39. The number of azide groups is 1. The predicted octanol–water partition coefficient (Wildman–Crippen LogP) is 2.20. The molecule has 0 amide bonds. The number of nitriles is 1. The lowest BCUT2D eigenvalue weighted by Gasteiger charge is -1.97. The minimum Gasteiger partial charge on any atom is -0.261 e. The summed E-state index contributed by atoms with van der Waals surface area (Å²) in [5, 5.41) is 12.0. The van der Waals surface area contributed by atoms with E-state index >= 15 is 0 Å². The summed E-state index contributed by atoms with van der Waals surface area (Å²) >= 11 is 0. The van der Waals surface area contributed by atoms with E-state index < -0.39 is 0 Å². The maximum atomic E-state index is 8.61. The van der Waals surface area contributed by atoms with E-state index in [0.717, 1.165) is 0 Å². The summed E-state index contributed by atoms with van der Waals surface area (Å²) in [6.07, 6.45) is 1.50. The Bertz CT molecular complexity index is 383. The van der Waals surface area contributed by atoms with Crippen LogP contribution in [0, 0.1) is 18.3 Å². The highest BCUT2D eigenvalue weighted by molar-refractivity contribution is 5.55. The van der Waals surface area contributed by atoms with Crippen LogP contribution in [0.4, 0.5) is 5.69 Å². The topological polar surface area (TPSA) is 85.4 Å². The molecule has 0 spiro atoms. The Hall–Kier alpha value is -2.05. The van der Waals surface area contributed by atoms with Crippen LogP contribution < -0.4 is 0 Å². The number of rotatable bonds is 1. The van der Waals surface area contributed by atoms with Crippen molar-refractivity contribution in [3.05, 3.63) is 34.0 Å². The molecule has 1 aromatic heterocycles. The summed E-state index contributed by atoms with van der Waals surface area (Å²) in [6, 6.07) is 3.43. The Balaban J connectivity index is 3.41. The monoisotopic (exact) mass is 159 g/mol. The standard InChI is InChI=1S/C7H5N5/c1-5-7(11-12-9)6(4-8)2-3-10-5/h2-3H,1H3. The van der Waals surface area contributed by atoms with Gasteiger partial charge < -0.3 is 0 Å². The molecule has 58 valence electrons. The lowest BCUT2D eigenvalue weighted by atomic mass is 10.2. The predicted molar refractivity (Wildman–Crippen MR) is 42.5 cm³/mol. The molecule has 0 N–H and O–H groups in total. The summed E-state index contributed by atoms with van der Waals surface area (Å²) in [7, 11) is 0. The van der Waals surface area contributed by atoms with E-state index in [0.29, 0.717) is 16.9 Å². The van der Waals surface area contributed by atoms with Crippen LogP contribution in [0.25, 0.3) is 10.4 Å². The van der Waals surface area contributed by atoms with Crippen molar-refractivity contribution in [3.63, 3.8) is 0 Å². The van der Waals surface area contributed by atoms with Gasteiger partial charge in [-0.2, -0.15) is 5.26 Å². The van der Waals surface area contributed by atoms with Crippen LogP contribution in [0.5, 0.6) is 0 Å². The molecule has 0 unspecified atom stereocenters. The van der Waals surface area contributed by atoms with Crippen LogP contribution >= 0.6 is 0 Å². The SMILES string of the molecule is Cc1nccc(C#N)c1N=[N+]=[N-]. The Morgan fingerprint density at radius 2 is 2.50 bits per heavy atom. The molecule has 0 saturated heterocycles. The molecular weight excluding hydrogens is 154 g/mol. The van der Waals surface area contributed by atoms with Crippen LogP contribution in [-0.2, 0) is 0 Å². The highest BCUT2D eigenvalue weighted by Crippen LogP contribution is 2.20. The normalized spacial score (nSPS) is 8.33. The third kappa shape index (κ3) is 1.34. The Kier molecular flexibility index (Phi) is 2.26. The summed E-state index contributed by atoms with van der Waals surface area (Å²) in [4.78, 5) is 6.50. The van der Waals surface area contributed by atoms with Gasteiger partial charge in [-0.05, 0) is 18.5 Å². The van der Waals surface area contributed by atoms with Gasteiger partial charge in [-0.1, -0.05) is 5.11 Å². The van der Waals surface area contributed by atoms with Gasteiger partial charge in [0.1, 0.15) is 0 Å². The van der Waals surface area contributed by atoms with Crippen molar-refractivity contribution in [3.8, 4) is 6.07 Å². The van der Waals surface area contributed by atoms with E-state index in [-0.39, 0.29) is 0 Å². The number of aromatic nitrogens is 1. The quantitative estimate of drug-likeness (QED) is 0.357. The van der Waals surface area contributed by atoms with Crippen molar-refractivity contribution in [2.24, 2.45) is 5.11 Å². The van der Waals surface area contributed by atoms with Gasteiger partial charge in [0.05, 0.1) is 17.3 Å². The molecule has 1 rings (SSSR count). The van der Waals surface area contributed by atoms with Crippen molar-refractivity contribution >= 4 is 5.69 Å². The molecule has 5 nitrogen and oxygen atoms in total. The fraction of sp³-hybridized carbons (Fsp3) is 0.143. The third-order valence-corrected chi connectivity index (χ3v) is 1.37. The molecule has 1 aromatic rings. The van der Waals surface area contributed by atoms with Crippen molar-refractivity contribution in [2.75, 3.05) is 0 Å². The second kappa shape index (κ2) is 3.37. The molecule has 12 heavy (non-hydrogen) atoms. The van der Waals surface area contributed by atoms with E-state index in [2.05, 4.69) is 15.0 Å². The van der Waals surface area contributed by atoms with E-state index in [1.54, 1.807) is 6.92 Å². The van der Waals surface area contributed by atoms with E-state index in [4.69, 9.17) is 10.8 Å². The Morgan fingerprint density at radius 1 is 1.75 bits per heavy atom. The second-order valence-electron chi connectivity index (χ2n) is 2.09. The highest BCUT2D eigenvalue weighted by Gasteiger charge is 2.02. The van der Waals surface area contributed by atoms with Gasteiger partial charge in [-0.25, -0.2) is 0 Å². The zero-order chi connectivity index (χ0) is 8.97. The fourth-order valence-corrected chi connectivity index (χ4v) is 0.820. The molecule has 0 aromatic carbocycles. The van der Waals surface area contributed by atoms with Gasteiger partial charge in [0, 0.05) is 16.8 Å². The number of hydrogen-bond donors (Lipinski definition) is 0. The first kappa shape index (κ1) is 8.05. The van der Waals surface area contributed by atoms with Crippen molar-refractivity contribution < 1.29 is 0 Å². The molecule has 0 aliphatic heterocycles. The van der Waals surface area contributed by atoms with Gasteiger partial charge in [-0.3, -0.25) is 4.98 Å².